The zero-order valence-corrected chi connectivity index (χ0v) is 29.7. The van der Waals surface area contributed by atoms with Crippen LogP contribution in [-0.2, 0) is 41.3 Å². The zero-order valence-electron chi connectivity index (χ0n) is 28.8. The first-order chi connectivity index (χ1) is 25.1. The summed E-state index contributed by atoms with van der Waals surface area (Å²) in [6.07, 6.45) is -7.13. The fourth-order valence-electron chi connectivity index (χ4n) is 5.21. The standard InChI is InChI=1S/C33H37F2N4O13P/c1-18(2)26(29(41)48-15-19-8-6-5-7-9-19)38-53(44,45)50-17-24-28(40)33(34,35)30(52-24)39-11-10-25(36-31(39)42)37-32(43)49-16-22-13-20-12-21(46-3)14-23(47-4)27(20)51-22/h5-14,18,24,26,28,30,40H,15-17H2,1-4H3,(H2,38,44,45)(H,36,37,42,43)/t24-,26?,28-,30-/m1/s1. The molecule has 2 aromatic carbocycles. The molecule has 3 heterocycles. The van der Waals surface area contributed by atoms with Gasteiger partial charge in [-0.05, 0) is 29.7 Å². The molecule has 5 rings (SSSR count). The van der Waals surface area contributed by atoms with Crippen molar-refractivity contribution < 1.29 is 65.6 Å². The molecule has 53 heavy (non-hydrogen) atoms. The van der Waals surface area contributed by atoms with Gasteiger partial charge in [-0.25, -0.2) is 19.2 Å². The van der Waals surface area contributed by atoms with Gasteiger partial charge in [0.15, 0.2) is 24.0 Å². The van der Waals surface area contributed by atoms with Crippen LogP contribution in [-0.4, -0.2) is 76.6 Å². The van der Waals surface area contributed by atoms with E-state index >= 15 is 8.78 Å². The van der Waals surface area contributed by atoms with Crippen molar-refractivity contribution in [1.82, 2.24) is 14.6 Å². The Balaban J connectivity index is 1.17. The van der Waals surface area contributed by atoms with E-state index in [4.69, 9.17) is 32.6 Å². The smallest absolute Gasteiger partial charge is 0.413 e. The summed E-state index contributed by atoms with van der Waals surface area (Å²) < 4.78 is 80.3. The Morgan fingerprint density at radius 1 is 1.08 bits per heavy atom. The largest absolute Gasteiger partial charge is 0.497 e. The maximum absolute atomic E-state index is 15.2. The van der Waals surface area contributed by atoms with Crippen LogP contribution in [0.4, 0.5) is 19.4 Å². The van der Waals surface area contributed by atoms with Crippen molar-refractivity contribution in [3.63, 3.8) is 0 Å². The van der Waals surface area contributed by atoms with Crippen LogP contribution in [0.15, 0.2) is 70.0 Å². The van der Waals surface area contributed by atoms with Crippen LogP contribution in [0.1, 0.15) is 31.4 Å². The first-order valence-electron chi connectivity index (χ1n) is 16.0. The molecule has 0 spiro atoms. The number of nitrogens with one attached hydrogen (secondary N) is 2. The van der Waals surface area contributed by atoms with E-state index in [1.165, 1.54) is 14.2 Å². The monoisotopic (exact) mass is 766 g/mol. The molecule has 0 radical (unpaired) electrons. The lowest BCUT2D eigenvalue weighted by Crippen LogP contribution is -2.42. The predicted molar refractivity (Wildman–Crippen MR) is 180 cm³/mol. The number of aliphatic hydroxyl groups excluding tert-OH is 1. The minimum Gasteiger partial charge on any atom is -0.497 e. The summed E-state index contributed by atoms with van der Waals surface area (Å²) >= 11 is 0. The lowest BCUT2D eigenvalue weighted by Gasteiger charge is -2.24. The molecular formula is C33H37F2N4O13P. The first-order valence-corrected chi connectivity index (χ1v) is 17.5. The van der Waals surface area contributed by atoms with Crippen molar-refractivity contribution in [3.05, 3.63) is 82.6 Å². The summed E-state index contributed by atoms with van der Waals surface area (Å²) in [6.45, 7) is 1.66. The molecule has 0 saturated carbocycles. The quantitative estimate of drug-likeness (QED) is 0.0988. The van der Waals surface area contributed by atoms with Gasteiger partial charge in [-0.1, -0.05) is 44.2 Å². The summed E-state index contributed by atoms with van der Waals surface area (Å²) in [5.41, 5.74) is -0.236. The summed E-state index contributed by atoms with van der Waals surface area (Å²) in [5.74, 6) is -4.74. The highest BCUT2D eigenvalue weighted by molar-refractivity contribution is 7.50. The number of nitrogens with zero attached hydrogens (tertiary/aromatic N) is 2. The maximum Gasteiger partial charge on any atom is 0.413 e. The van der Waals surface area contributed by atoms with E-state index in [-0.39, 0.29) is 24.8 Å². The number of benzene rings is 2. The van der Waals surface area contributed by atoms with Crippen molar-refractivity contribution in [1.29, 1.82) is 0 Å². The normalized spacial score (nSPS) is 19.8. The van der Waals surface area contributed by atoms with Gasteiger partial charge in [0, 0.05) is 17.6 Å². The van der Waals surface area contributed by atoms with E-state index in [0.717, 1.165) is 12.3 Å². The molecular weight excluding hydrogens is 729 g/mol. The average Bonchev–Trinajstić information content (AvgIpc) is 3.64. The van der Waals surface area contributed by atoms with Gasteiger partial charge >= 0.3 is 31.4 Å². The molecule has 20 heteroatoms. The summed E-state index contributed by atoms with van der Waals surface area (Å²) in [5, 5.41) is 15.3. The zero-order chi connectivity index (χ0) is 38.5. The lowest BCUT2D eigenvalue weighted by molar-refractivity contribution is -0.148. The van der Waals surface area contributed by atoms with E-state index in [1.54, 1.807) is 62.4 Å². The topological polar surface area (TPSA) is 219 Å². The molecule has 2 unspecified atom stereocenters. The number of rotatable bonds is 15. The molecule has 5 atom stereocenters. The van der Waals surface area contributed by atoms with Gasteiger partial charge in [-0.2, -0.15) is 13.8 Å². The average molecular weight is 767 g/mol. The van der Waals surface area contributed by atoms with Crippen LogP contribution < -0.4 is 25.6 Å². The third-order valence-electron chi connectivity index (χ3n) is 7.96. The van der Waals surface area contributed by atoms with E-state index < -0.39 is 68.4 Å². The highest BCUT2D eigenvalue weighted by atomic mass is 31.2. The third kappa shape index (κ3) is 9.37. The number of anilines is 1. The predicted octanol–water partition coefficient (Wildman–Crippen LogP) is 4.12. The Hall–Kier alpha value is -4.91. The van der Waals surface area contributed by atoms with E-state index in [9.17, 15) is 28.9 Å². The Morgan fingerprint density at radius 3 is 2.47 bits per heavy atom. The van der Waals surface area contributed by atoms with Crippen LogP contribution >= 0.6 is 7.75 Å². The van der Waals surface area contributed by atoms with Crippen molar-refractivity contribution in [2.75, 3.05) is 26.1 Å². The van der Waals surface area contributed by atoms with Crippen LogP contribution in [0.3, 0.4) is 0 Å². The molecule has 1 fully saturated rings. The molecule has 17 nitrogen and oxygen atoms in total. The van der Waals surface area contributed by atoms with E-state index in [1.807, 2.05) is 0 Å². The van der Waals surface area contributed by atoms with Gasteiger partial charge in [-0.15, -0.1) is 0 Å². The summed E-state index contributed by atoms with van der Waals surface area (Å²) in [7, 11) is -1.94. The highest BCUT2D eigenvalue weighted by Gasteiger charge is 2.60. The van der Waals surface area contributed by atoms with Crippen molar-refractivity contribution >= 4 is 36.6 Å². The minimum atomic E-state index is -4.87. The maximum atomic E-state index is 15.2. The van der Waals surface area contributed by atoms with Gasteiger partial charge in [-0.3, -0.25) is 19.2 Å². The minimum absolute atomic E-state index is 0.106. The molecule has 0 bridgehead atoms. The third-order valence-corrected chi connectivity index (χ3v) is 9.06. The second kappa shape index (κ2) is 16.4. The first kappa shape index (κ1) is 39.3. The number of furan rings is 1. The number of amides is 1. The molecule has 4 aromatic rings. The highest BCUT2D eigenvalue weighted by Crippen LogP contribution is 2.45. The molecule has 1 aliphatic heterocycles. The summed E-state index contributed by atoms with van der Waals surface area (Å²) in [6, 6.07) is 13.3. The fourth-order valence-corrected chi connectivity index (χ4v) is 6.39. The number of hydrogen-bond acceptors (Lipinski definition) is 13. The molecule has 1 amide bonds. The van der Waals surface area contributed by atoms with E-state index in [2.05, 4.69) is 15.4 Å². The molecule has 2 aromatic heterocycles. The number of alkyl halides is 2. The SMILES string of the molecule is COc1cc(OC)c2oc(COC(=O)Nc3ccn([C@@H]4O[C@H](COP(=O)(O)NC(C(=O)OCc5ccccc5)C(C)C)[C@@H](O)C4(F)F)c(=O)n3)cc2c1. The van der Waals surface area contributed by atoms with Gasteiger partial charge in [0.05, 0.1) is 20.8 Å². The van der Waals surface area contributed by atoms with Crippen LogP contribution in [0.25, 0.3) is 11.0 Å². The van der Waals surface area contributed by atoms with Crippen molar-refractivity contribution in [2.45, 2.75) is 57.5 Å². The number of aromatic nitrogens is 2. The number of halogens is 2. The number of hydrogen-bond donors (Lipinski definition) is 4. The molecule has 1 saturated heterocycles. The van der Waals surface area contributed by atoms with Gasteiger partial charge in [0.2, 0.25) is 6.23 Å². The number of carbonyl (C=O) groups is 2. The Bertz CT molecular complexity index is 2030. The second-order valence-corrected chi connectivity index (χ2v) is 13.6. The Labute approximate surface area is 300 Å². The number of esters is 1. The van der Waals surface area contributed by atoms with Crippen molar-refractivity contribution in [2.24, 2.45) is 5.92 Å². The van der Waals surface area contributed by atoms with Gasteiger partial charge < -0.3 is 38.1 Å². The summed E-state index contributed by atoms with van der Waals surface area (Å²) in [4.78, 5) is 51.9. The number of methoxy groups -OCH3 is 2. The lowest BCUT2D eigenvalue weighted by atomic mass is 10.1. The van der Waals surface area contributed by atoms with Crippen molar-refractivity contribution in [3.8, 4) is 11.5 Å². The Morgan fingerprint density at radius 2 is 1.81 bits per heavy atom. The second-order valence-electron chi connectivity index (χ2n) is 12.1. The number of fused-ring (bicyclic) bond motifs is 1. The molecule has 0 aliphatic carbocycles. The number of carbonyl (C=O) groups excluding carboxylic acids is 2. The van der Waals surface area contributed by atoms with Gasteiger partial charge in [0.1, 0.15) is 36.1 Å². The Kier molecular flexibility index (Phi) is 12.2. The number of aliphatic hydroxyl groups is 1. The van der Waals surface area contributed by atoms with Crippen LogP contribution in [0.5, 0.6) is 11.5 Å². The van der Waals surface area contributed by atoms with E-state index in [0.29, 0.717) is 32.6 Å². The van der Waals surface area contributed by atoms with Crippen LogP contribution in [0, 0.1) is 5.92 Å². The molecule has 1 aliphatic rings. The number of ether oxygens (including phenoxy) is 5. The molecule has 4 N–H and O–H groups in total. The fraction of sp³-hybridized carbons (Fsp3) is 0.394. The van der Waals surface area contributed by atoms with Crippen LogP contribution in [0.2, 0.25) is 0 Å². The van der Waals surface area contributed by atoms with Gasteiger partial charge in [0.25, 0.3) is 0 Å². The molecule has 286 valence electrons.